The third-order valence-corrected chi connectivity index (χ3v) is 6.60. The van der Waals surface area contributed by atoms with Crippen LogP contribution in [0.4, 0.5) is 5.69 Å². The molecule has 0 aromatic heterocycles. The largest absolute Gasteiger partial charge is 0.466 e. The Balaban J connectivity index is 1.90. The highest BCUT2D eigenvalue weighted by molar-refractivity contribution is 7.92. The van der Waals surface area contributed by atoms with E-state index in [9.17, 15) is 13.2 Å². The predicted molar refractivity (Wildman–Crippen MR) is 119 cm³/mol. The molecule has 1 atom stereocenters. The van der Waals surface area contributed by atoms with E-state index in [1.54, 1.807) is 42.5 Å². The van der Waals surface area contributed by atoms with E-state index in [4.69, 9.17) is 17.0 Å². The summed E-state index contributed by atoms with van der Waals surface area (Å²) in [6.07, 6.45) is 0. The van der Waals surface area contributed by atoms with Gasteiger partial charge in [0.2, 0.25) is 0 Å². The molecule has 0 amide bonds. The van der Waals surface area contributed by atoms with Crippen LogP contribution >= 0.6 is 12.2 Å². The van der Waals surface area contributed by atoms with Crippen LogP contribution in [-0.2, 0) is 19.6 Å². The van der Waals surface area contributed by atoms with Crippen molar-refractivity contribution in [2.24, 2.45) is 0 Å². The molecular formula is C21H23N3O4S2. The van der Waals surface area contributed by atoms with Crippen LogP contribution in [0.25, 0.3) is 0 Å². The number of rotatable bonds is 6. The lowest BCUT2D eigenvalue weighted by Crippen LogP contribution is -2.47. The summed E-state index contributed by atoms with van der Waals surface area (Å²) >= 11 is 5.44. The summed E-state index contributed by atoms with van der Waals surface area (Å²) in [4.78, 5) is 14.5. The van der Waals surface area contributed by atoms with Gasteiger partial charge < -0.3 is 15.0 Å². The zero-order valence-electron chi connectivity index (χ0n) is 16.9. The van der Waals surface area contributed by atoms with Gasteiger partial charge in [0.25, 0.3) is 10.0 Å². The Morgan fingerprint density at radius 1 is 1.17 bits per heavy atom. The monoisotopic (exact) mass is 445 g/mol. The highest BCUT2D eigenvalue weighted by Crippen LogP contribution is 2.32. The molecular weight excluding hydrogens is 422 g/mol. The van der Waals surface area contributed by atoms with Crippen LogP contribution in [0.1, 0.15) is 25.5 Å². The van der Waals surface area contributed by atoms with Gasteiger partial charge in [0.15, 0.2) is 5.11 Å². The topological polar surface area (TPSA) is 87.7 Å². The van der Waals surface area contributed by atoms with Gasteiger partial charge in [0, 0.05) is 17.9 Å². The maximum absolute atomic E-state index is 12.5. The number of ether oxygens (including phenoxy) is 1. The lowest BCUT2D eigenvalue weighted by Gasteiger charge is -2.36. The van der Waals surface area contributed by atoms with Crippen LogP contribution in [0.3, 0.4) is 0 Å². The molecule has 3 rings (SSSR count). The molecule has 2 aromatic carbocycles. The lowest BCUT2D eigenvalue weighted by molar-refractivity contribution is -0.136. The molecule has 0 saturated heterocycles. The normalized spacial score (nSPS) is 16.8. The molecule has 1 unspecified atom stereocenters. The molecule has 0 saturated carbocycles. The molecule has 0 radical (unpaired) electrons. The number of hydrogen-bond donors (Lipinski definition) is 2. The van der Waals surface area contributed by atoms with Crippen molar-refractivity contribution in [3.05, 3.63) is 71.4 Å². The first kappa shape index (κ1) is 21.8. The summed E-state index contributed by atoms with van der Waals surface area (Å²) in [6.45, 7) is 4.39. The number of sulfonamides is 1. The molecule has 2 aromatic rings. The minimum Gasteiger partial charge on any atom is -0.466 e. The quantitative estimate of drug-likeness (QED) is 0.522. The number of esters is 1. The third kappa shape index (κ3) is 4.31. The zero-order valence-corrected chi connectivity index (χ0v) is 18.5. The molecule has 0 spiro atoms. The molecule has 30 heavy (non-hydrogen) atoms. The Morgan fingerprint density at radius 2 is 1.80 bits per heavy atom. The number of hydrogen-bond acceptors (Lipinski definition) is 5. The van der Waals surface area contributed by atoms with Crippen molar-refractivity contribution in [3.8, 4) is 0 Å². The number of benzene rings is 2. The van der Waals surface area contributed by atoms with Crippen LogP contribution in [0.5, 0.6) is 0 Å². The summed E-state index contributed by atoms with van der Waals surface area (Å²) in [7, 11) is -2.35. The Kier molecular flexibility index (Phi) is 6.42. The van der Waals surface area contributed by atoms with E-state index in [0.29, 0.717) is 22.9 Å². The average Bonchev–Trinajstić information content (AvgIpc) is 2.74. The van der Waals surface area contributed by atoms with Gasteiger partial charge in [-0.25, -0.2) is 13.2 Å². The molecule has 9 heteroatoms. The predicted octanol–water partition coefficient (Wildman–Crippen LogP) is 3.19. The minimum absolute atomic E-state index is 0.180. The van der Waals surface area contributed by atoms with Gasteiger partial charge in [-0.2, -0.15) is 0 Å². The van der Waals surface area contributed by atoms with Crippen LogP contribution < -0.4 is 10.0 Å². The van der Waals surface area contributed by atoms with Gasteiger partial charge in [-0.15, -0.1) is 0 Å². The molecule has 1 aliphatic heterocycles. The number of nitrogens with zero attached hydrogens (tertiary/aromatic N) is 1. The van der Waals surface area contributed by atoms with Gasteiger partial charge >= 0.3 is 5.97 Å². The Morgan fingerprint density at radius 3 is 2.37 bits per heavy atom. The Hall–Kier alpha value is -2.91. The summed E-state index contributed by atoms with van der Waals surface area (Å²) in [5.74, 6) is -0.445. The van der Waals surface area contributed by atoms with E-state index in [-0.39, 0.29) is 4.90 Å². The fourth-order valence-electron chi connectivity index (χ4n) is 3.34. The third-order valence-electron chi connectivity index (χ3n) is 4.87. The van der Waals surface area contributed by atoms with Crippen molar-refractivity contribution in [2.45, 2.75) is 24.8 Å². The van der Waals surface area contributed by atoms with E-state index < -0.39 is 22.0 Å². The molecule has 7 nitrogen and oxygen atoms in total. The number of methoxy groups -OCH3 is 1. The van der Waals surface area contributed by atoms with Crippen LogP contribution in [-0.4, -0.2) is 38.1 Å². The van der Waals surface area contributed by atoms with E-state index in [1.807, 2.05) is 18.7 Å². The molecule has 158 valence electrons. The first-order valence-corrected chi connectivity index (χ1v) is 11.2. The van der Waals surface area contributed by atoms with Gasteiger partial charge in [-0.1, -0.05) is 30.3 Å². The maximum atomic E-state index is 12.5. The van der Waals surface area contributed by atoms with Crippen molar-refractivity contribution in [3.63, 3.8) is 0 Å². The van der Waals surface area contributed by atoms with Crippen LogP contribution in [0, 0.1) is 0 Å². The maximum Gasteiger partial charge on any atom is 0.337 e. The van der Waals surface area contributed by atoms with Crippen molar-refractivity contribution in [1.29, 1.82) is 0 Å². The molecule has 2 N–H and O–H groups in total. The molecule has 0 bridgehead atoms. The smallest absolute Gasteiger partial charge is 0.337 e. The first-order chi connectivity index (χ1) is 14.3. The average molecular weight is 446 g/mol. The van der Waals surface area contributed by atoms with E-state index in [1.165, 1.54) is 19.2 Å². The van der Waals surface area contributed by atoms with Gasteiger partial charge in [-0.05, 0) is 55.9 Å². The number of nitrogens with one attached hydrogen (secondary N) is 2. The number of carbonyl (C=O) groups excluding carboxylic acids is 1. The first-order valence-electron chi connectivity index (χ1n) is 9.33. The highest BCUT2D eigenvalue weighted by Gasteiger charge is 2.33. The minimum atomic E-state index is -3.68. The molecule has 1 heterocycles. The standard InChI is InChI=1S/C21H23N3O4S2/c1-4-24-14(2)18(20(25)28-3)19(22-21(24)29)15-10-12-16(13-11-15)23-30(26,27)17-8-6-5-7-9-17/h5-13,19,23H,4H2,1-3H3,(H,22,29). The van der Waals surface area contributed by atoms with Crippen molar-refractivity contribution in [2.75, 3.05) is 18.4 Å². The van der Waals surface area contributed by atoms with Gasteiger partial charge in [0.1, 0.15) is 0 Å². The van der Waals surface area contributed by atoms with Crippen molar-refractivity contribution < 1.29 is 17.9 Å². The summed E-state index contributed by atoms with van der Waals surface area (Å²) < 4.78 is 32.6. The van der Waals surface area contributed by atoms with Crippen molar-refractivity contribution >= 4 is 39.0 Å². The van der Waals surface area contributed by atoms with E-state index >= 15 is 0 Å². The van der Waals surface area contributed by atoms with E-state index in [2.05, 4.69) is 10.0 Å². The van der Waals surface area contributed by atoms with E-state index in [0.717, 1.165) is 11.3 Å². The number of carbonyl (C=O) groups is 1. The van der Waals surface area contributed by atoms with Crippen molar-refractivity contribution in [1.82, 2.24) is 10.2 Å². The molecule has 1 aliphatic rings. The SMILES string of the molecule is CCN1C(=S)NC(c2ccc(NS(=O)(=O)c3ccccc3)cc2)C(C(=O)OC)=C1C. The number of thiocarbonyl (C=S) groups is 1. The Labute approximate surface area is 181 Å². The Bertz CT molecular complexity index is 1080. The van der Waals surface area contributed by atoms with Crippen LogP contribution in [0.15, 0.2) is 70.8 Å². The highest BCUT2D eigenvalue weighted by atomic mass is 32.2. The van der Waals surface area contributed by atoms with Crippen LogP contribution in [0.2, 0.25) is 0 Å². The second kappa shape index (κ2) is 8.85. The summed E-state index contributed by atoms with van der Waals surface area (Å²) in [5, 5.41) is 3.70. The fraction of sp³-hybridized carbons (Fsp3) is 0.238. The molecule has 0 aliphatic carbocycles. The second-order valence-corrected chi connectivity index (χ2v) is 8.73. The van der Waals surface area contributed by atoms with Gasteiger partial charge in [-0.3, -0.25) is 4.72 Å². The zero-order chi connectivity index (χ0) is 21.9. The lowest BCUT2D eigenvalue weighted by atomic mass is 9.95. The number of anilines is 1. The second-order valence-electron chi connectivity index (χ2n) is 6.66. The summed E-state index contributed by atoms with van der Waals surface area (Å²) in [5.41, 5.74) is 2.37. The number of allylic oxidation sites excluding steroid dienone is 1. The van der Waals surface area contributed by atoms with Gasteiger partial charge in [0.05, 0.1) is 23.6 Å². The summed E-state index contributed by atoms with van der Waals surface area (Å²) in [6, 6.07) is 14.4. The fourth-order valence-corrected chi connectivity index (χ4v) is 4.81. The molecule has 0 fully saturated rings.